The Morgan fingerprint density at radius 2 is 2.05 bits per heavy atom. The minimum absolute atomic E-state index is 0.0211. The number of carbonyl (C=O) groups is 2. The van der Waals surface area contributed by atoms with E-state index in [0.29, 0.717) is 19.5 Å². The smallest absolute Gasteiger partial charge is 0.245 e. The zero-order valence-corrected chi connectivity index (χ0v) is 12.7. The van der Waals surface area contributed by atoms with Crippen LogP contribution in [0.4, 0.5) is 0 Å². The van der Waals surface area contributed by atoms with Crippen molar-refractivity contribution in [2.75, 3.05) is 20.2 Å². The zero-order valence-electron chi connectivity index (χ0n) is 12.7. The van der Waals surface area contributed by atoms with Crippen molar-refractivity contribution in [2.45, 2.75) is 52.2 Å². The monoisotopic (exact) mass is 270 g/mol. The summed E-state index contributed by atoms with van der Waals surface area (Å²) in [5, 5.41) is 2.81. The lowest BCUT2D eigenvalue weighted by atomic mass is 10.0. The fourth-order valence-electron chi connectivity index (χ4n) is 2.03. The third-order valence-electron chi connectivity index (χ3n) is 3.71. The molecule has 0 aromatic carbocycles. The highest BCUT2D eigenvalue weighted by molar-refractivity contribution is 5.90. The predicted molar refractivity (Wildman–Crippen MR) is 73.7 cm³/mol. The summed E-state index contributed by atoms with van der Waals surface area (Å²) in [5.74, 6) is 0.0841. The van der Waals surface area contributed by atoms with Crippen molar-refractivity contribution in [3.63, 3.8) is 0 Å². The van der Waals surface area contributed by atoms with Crippen LogP contribution in [0, 0.1) is 5.92 Å². The Hall–Kier alpha value is -1.10. The number of rotatable bonds is 5. The number of nitrogens with zero attached hydrogens (tertiary/aromatic N) is 1. The Kier molecular flexibility index (Phi) is 5.35. The van der Waals surface area contributed by atoms with E-state index in [1.165, 1.54) is 0 Å². The van der Waals surface area contributed by atoms with Gasteiger partial charge in [-0.05, 0) is 26.2 Å². The number of carbonyl (C=O) groups excluding carboxylic acids is 2. The molecule has 1 aliphatic heterocycles. The van der Waals surface area contributed by atoms with Gasteiger partial charge < -0.3 is 15.0 Å². The van der Waals surface area contributed by atoms with Gasteiger partial charge in [-0.25, -0.2) is 0 Å². The number of ether oxygens (including phenoxy) is 1. The van der Waals surface area contributed by atoms with Crippen molar-refractivity contribution in [1.82, 2.24) is 10.2 Å². The molecule has 2 amide bonds. The fourth-order valence-corrected chi connectivity index (χ4v) is 2.03. The number of amides is 2. The molecule has 0 saturated carbocycles. The predicted octanol–water partition coefficient (Wildman–Crippen LogP) is 1.17. The van der Waals surface area contributed by atoms with Gasteiger partial charge in [0.2, 0.25) is 11.8 Å². The SMILES string of the molecule is COC(C)(C)CCN1CCC(=O)NC(C(C)C)C1=O. The maximum absolute atomic E-state index is 12.4. The largest absolute Gasteiger partial charge is 0.379 e. The van der Waals surface area contributed by atoms with E-state index in [4.69, 9.17) is 4.74 Å². The van der Waals surface area contributed by atoms with Crippen LogP contribution in [0.25, 0.3) is 0 Å². The average molecular weight is 270 g/mol. The summed E-state index contributed by atoms with van der Waals surface area (Å²) in [6, 6.07) is -0.402. The Labute approximate surface area is 115 Å². The topological polar surface area (TPSA) is 58.6 Å². The van der Waals surface area contributed by atoms with Gasteiger partial charge in [0, 0.05) is 26.6 Å². The van der Waals surface area contributed by atoms with Crippen LogP contribution < -0.4 is 5.32 Å². The average Bonchev–Trinajstić information content (AvgIpc) is 2.48. The highest BCUT2D eigenvalue weighted by atomic mass is 16.5. The molecular formula is C14H26N2O3. The third-order valence-corrected chi connectivity index (χ3v) is 3.71. The van der Waals surface area contributed by atoms with Gasteiger partial charge in [0.25, 0.3) is 0 Å². The van der Waals surface area contributed by atoms with Gasteiger partial charge in [-0.1, -0.05) is 13.8 Å². The molecule has 0 bridgehead atoms. The Morgan fingerprint density at radius 3 is 2.58 bits per heavy atom. The molecule has 1 unspecified atom stereocenters. The van der Waals surface area contributed by atoms with Crippen molar-refractivity contribution in [3.8, 4) is 0 Å². The second-order valence-electron chi connectivity index (χ2n) is 6.08. The summed E-state index contributed by atoms with van der Waals surface area (Å²) in [7, 11) is 1.67. The maximum atomic E-state index is 12.4. The van der Waals surface area contributed by atoms with Crippen molar-refractivity contribution >= 4 is 11.8 Å². The van der Waals surface area contributed by atoms with E-state index in [1.54, 1.807) is 12.0 Å². The van der Waals surface area contributed by atoms with Crippen LogP contribution in [0.5, 0.6) is 0 Å². The number of hydrogen-bond donors (Lipinski definition) is 1. The molecule has 1 aliphatic rings. The normalized spacial score (nSPS) is 21.6. The highest BCUT2D eigenvalue weighted by Gasteiger charge is 2.32. The fraction of sp³-hybridized carbons (Fsp3) is 0.857. The Balaban J connectivity index is 2.71. The van der Waals surface area contributed by atoms with Crippen molar-refractivity contribution in [2.24, 2.45) is 5.92 Å². The summed E-state index contributed by atoms with van der Waals surface area (Å²) in [6.45, 7) is 9.01. The van der Waals surface area contributed by atoms with E-state index in [0.717, 1.165) is 6.42 Å². The molecule has 1 rings (SSSR count). The summed E-state index contributed by atoms with van der Waals surface area (Å²) in [4.78, 5) is 25.8. The van der Waals surface area contributed by atoms with Crippen molar-refractivity contribution in [1.29, 1.82) is 0 Å². The second kappa shape index (κ2) is 6.37. The van der Waals surface area contributed by atoms with E-state index in [2.05, 4.69) is 5.32 Å². The molecule has 1 heterocycles. The first-order valence-electron chi connectivity index (χ1n) is 6.90. The molecule has 0 aliphatic carbocycles. The van der Waals surface area contributed by atoms with E-state index in [1.807, 2.05) is 27.7 Å². The lowest BCUT2D eigenvalue weighted by Crippen LogP contribution is -2.48. The molecule has 5 heteroatoms. The van der Waals surface area contributed by atoms with Crippen LogP contribution in [0.1, 0.15) is 40.5 Å². The lowest BCUT2D eigenvalue weighted by Gasteiger charge is -2.30. The number of hydrogen-bond acceptors (Lipinski definition) is 3. The maximum Gasteiger partial charge on any atom is 0.245 e. The molecule has 0 aromatic heterocycles. The number of methoxy groups -OCH3 is 1. The van der Waals surface area contributed by atoms with Crippen LogP contribution in [0.3, 0.4) is 0 Å². The quantitative estimate of drug-likeness (QED) is 0.816. The number of nitrogens with one attached hydrogen (secondary N) is 1. The van der Waals surface area contributed by atoms with Gasteiger partial charge >= 0.3 is 0 Å². The molecule has 5 nitrogen and oxygen atoms in total. The van der Waals surface area contributed by atoms with Gasteiger partial charge in [0.1, 0.15) is 6.04 Å². The minimum Gasteiger partial charge on any atom is -0.379 e. The highest BCUT2D eigenvalue weighted by Crippen LogP contribution is 2.16. The molecule has 1 N–H and O–H groups in total. The van der Waals surface area contributed by atoms with Crippen molar-refractivity contribution < 1.29 is 14.3 Å². The summed E-state index contributed by atoms with van der Waals surface area (Å²) < 4.78 is 5.37. The van der Waals surface area contributed by atoms with Gasteiger partial charge in [-0.15, -0.1) is 0 Å². The van der Waals surface area contributed by atoms with Crippen molar-refractivity contribution in [3.05, 3.63) is 0 Å². The van der Waals surface area contributed by atoms with Crippen LogP contribution in [0.15, 0.2) is 0 Å². The van der Waals surface area contributed by atoms with Crippen LogP contribution in [0.2, 0.25) is 0 Å². The molecule has 110 valence electrons. The van der Waals surface area contributed by atoms with Crippen LogP contribution in [-0.4, -0.2) is 48.6 Å². The van der Waals surface area contributed by atoms with E-state index < -0.39 is 6.04 Å². The van der Waals surface area contributed by atoms with E-state index >= 15 is 0 Å². The summed E-state index contributed by atoms with van der Waals surface area (Å²) in [6.07, 6.45) is 1.14. The molecule has 0 aromatic rings. The summed E-state index contributed by atoms with van der Waals surface area (Å²) >= 11 is 0. The minimum atomic E-state index is -0.402. The Morgan fingerprint density at radius 1 is 1.42 bits per heavy atom. The first-order valence-corrected chi connectivity index (χ1v) is 6.90. The molecule has 1 fully saturated rings. The summed E-state index contributed by atoms with van der Waals surface area (Å²) in [5.41, 5.74) is -0.253. The molecule has 1 atom stereocenters. The first kappa shape index (κ1) is 16.0. The molecule has 19 heavy (non-hydrogen) atoms. The van der Waals surface area contributed by atoms with Gasteiger partial charge in [-0.2, -0.15) is 0 Å². The first-order chi connectivity index (χ1) is 8.76. The standard InChI is InChI=1S/C14H26N2O3/c1-10(2)12-13(18)16(8-6-11(17)15-12)9-7-14(3,4)19-5/h10,12H,6-9H2,1-5H3,(H,15,17). The zero-order chi connectivity index (χ0) is 14.6. The van der Waals surface area contributed by atoms with E-state index in [-0.39, 0.29) is 23.3 Å². The molecule has 0 spiro atoms. The molecule has 1 saturated heterocycles. The third kappa shape index (κ3) is 4.49. The van der Waals surface area contributed by atoms with Crippen LogP contribution in [-0.2, 0) is 14.3 Å². The van der Waals surface area contributed by atoms with Crippen LogP contribution >= 0.6 is 0 Å². The molecule has 0 radical (unpaired) electrons. The van der Waals surface area contributed by atoms with E-state index in [9.17, 15) is 9.59 Å². The lowest BCUT2D eigenvalue weighted by molar-refractivity contribution is -0.135. The van der Waals surface area contributed by atoms with Gasteiger partial charge in [0.05, 0.1) is 5.60 Å². The second-order valence-corrected chi connectivity index (χ2v) is 6.08. The molecular weight excluding hydrogens is 244 g/mol. The Bertz CT molecular complexity index is 340. The van der Waals surface area contributed by atoms with Gasteiger partial charge in [-0.3, -0.25) is 9.59 Å². The van der Waals surface area contributed by atoms with Gasteiger partial charge in [0.15, 0.2) is 0 Å².